The van der Waals surface area contributed by atoms with Crippen molar-refractivity contribution in [2.24, 2.45) is 11.3 Å². The molecule has 0 fully saturated rings. The average Bonchev–Trinajstić information content (AvgIpc) is 1.53. The summed E-state index contributed by atoms with van der Waals surface area (Å²) in [5.41, 5.74) is 0.217. The predicted octanol–water partition coefficient (Wildman–Crippen LogP) is 1.20. The van der Waals surface area contributed by atoms with Gasteiger partial charge in [0.05, 0.1) is 0 Å². The molecule has 0 rings (SSSR count). The molecule has 0 bridgehead atoms. The first-order valence-electron chi connectivity index (χ1n) is 4.01. The second-order valence-electron chi connectivity index (χ2n) is 4.45. The van der Waals surface area contributed by atoms with Crippen molar-refractivity contribution in [1.82, 2.24) is 0 Å². The molecule has 0 aromatic carbocycles. The van der Waals surface area contributed by atoms with Gasteiger partial charge < -0.3 is 9.90 Å². The third-order valence-electron chi connectivity index (χ3n) is 1.48. The van der Waals surface area contributed by atoms with Gasteiger partial charge in [-0.3, -0.25) is 0 Å². The zero-order valence-electron chi connectivity index (χ0n) is 8.16. The Morgan fingerprint density at radius 2 is 1.83 bits per heavy atom. The van der Waals surface area contributed by atoms with Crippen molar-refractivity contribution < 1.29 is 27.0 Å². The molecule has 0 N–H and O–H groups in total. The van der Waals surface area contributed by atoms with Gasteiger partial charge in [0.15, 0.2) is 0 Å². The molecule has 0 radical (unpaired) electrons. The number of hydrogen-bond acceptors (Lipinski definition) is 2. The summed E-state index contributed by atoms with van der Waals surface area (Å²) in [6.45, 7) is 8.28. The van der Waals surface area contributed by atoms with Crippen LogP contribution in [0.1, 0.15) is 40.5 Å². The topological polar surface area (TPSA) is 40.1 Å². The molecule has 0 aliphatic rings. The SMILES string of the molecule is CC(CC(=O)[O-])CC(C)(C)C.[Fe+2]. The largest absolute Gasteiger partial charge is 2.00 e. The van der Waals surface area contributed by atoms with E-state index in [0.717, 1.165) is 6.42 Å². The molecule has 0 amide bonds. The summed E-state index contributed by atoms with van der Waals surface area (Å²) in [5.74, 6) is -0.721. The number of hydrogen-bond donors (Lipinski definition) is 0. The number of carbonyl (C=O) groups excluding carboxylic acids is 1. The van der Waals surface area contributed by atoms with E-state index in [4.69, 9.17) is 0 Å². The number of rotatable bonds is 3. The maximum atomic E-state index is 10.2. The molecule has 0 spiro atoms. The second-order valence-corrected chi connectivity index (χ2v) is 4.45. The van der Waals surface area contributed by atoms with Crippen molar-refractivity contribution >= 4 is 5.97 Å². The molecule has 0 heterocycles. The monoisotopic (exact) mass is 213 g/mol. The average molecular weight is 213 g/mol. The van der Waals surface area contributed by atoms with Crippen LogP contribution in [0.3, 0.4) is 0 Å². The van der Waals surface area contributed by atoms with Crippen molar-refractivity contribution in [3.05, 3.63) is 0 Å². The molecule has 12 heavy (non-hydrogen) atoms. The summed E-state index contributed by atoms with van der Waals surface area (Å²) >= 11 is 0. The molecule has 0 aromatic rings. The van der Waals surface area contributed by atoms with E-state index < -0.39 is 5.97 Å². The third kappa shape index (κ3) is 9.99. The molecule has 1 atom stereocenters. The van der Waals surface area contributed by atoms with Crippen LogP contribution in [-0.4, -0.2) is 5.97 Å². The van der Waals surface area contributed by atoms with Crippen LogP contribution in [-0.2, 0) is 21.9 Å². The van der Waals surface area contributed by atoms with Gasteiger partial charge in [-0.1, -0.05) is 27.7 Å². The normalized spacial score (nSPS) is 13.3. The van der Waals surface area contributed by atoms with Crippen LogP contribution in [0.25, 0.3) is 0 Å². The molecule has 0 aliphatic heterocycles. The Bertz CT molecular complexity index is 138. The summed E-state index contributed by atoms with van der Waals surface area (Å²) in [6.07, 6.45) is 1.11. The van der Waals surface area contributed by atoms with Gasteiger partial charge >= 0.3 is 17.1 Å². The molecule has 0 aromatic heterocycles. The summed E-state index contributed by atoms with van der Waals surface area (Å²) in [5, 5.41) is 10.2. The van der Waals surface area contributed by atoms with Crippen LogP contribution in [0.4, 0.5) is 0 Å². The van der Waals surface area contributed by atoms with Gasteiger partial charge in [-0.05, 0) is 24.2 Å². The van der Waals surface area contributed by atoms with Gasteiger partial charge in [0, 0.05) is 5.97 Å². The first kappa shape index (κ1) is 14.5. The van der Waals surface area contributed by atoms with Gasteiger partial charge in [-0.2, -0.15) is 0 Å². The van der Waals surface area contributed by atoms with Gasteiger partial charge in [0.1, 0.15) is 0 Å². The maximum Gasteiger partial charge on any atom is 2.00 e. The quantitative estimate of drug-likeness (QED) is 0.660. The number of carbonyl (C=O) groups is 1. The summed E-state index contributed by atoms with van der Waals surface area (Å²) in [4.78, 5) is 10.2. The van der Waals surface area contributed by atoms with Crippen LogP contribution in [0.2, 0.25) is 0 Å². The Labute approximate surface area is 85.2 Å². The molecule has 2 nitrogen and oxygen atoms in total. The fourth-order valence-corrected chi connectivity index (χ4v) is 1.40. The molecule has 3 heteroatoms. The Balaban J connectivity index is 0. The van der Waals surface area contributed by atoms with Crippen molar-refractivity contribution in [3.8, 4) is 0 Å². The standard InChI is InChI=1S/C9H18O2.Fe/c1-7(5-8(10)11)6-9(2,3)4;/h7H,5-6H2,1-4H3,(H,10,11);/q;+2/p-1. The zero-order chi connectivity index (χ0) is 9.07. The van der Waals surface area contributed by atoms with Crippen LogP contribution in [0.15, 0.2) is 0 Å². The Morgan fingerprint density at radius 1 is 1.42 bits per heavy atom. The van der Waals surface area contributed by atoms with Crippen molar-refractivity contribution in [3.63, 3.8) is 0 Å². The van der Waals surface area contributed by atoms with Crippen LogP contribution >= 0.6 is 0 Å². The maximum absolute atomic E-state index is 10.2. The van der Waals surface area contributed by atoms with Crippen LogP contribution < -0.4 is 5.11 Å². The summed E-state index contributed by atoms with van der Waals surface area (Å²) in [6, 6.07) is 0. The van der Waals surface area contributed by atoms with Gasteiger partial charge in [0.25, 0.3) is 0 Å². The number of carboxylic acid groups (broad SMARTS) is 1. The van der Waals surface area contributed by atoms with E-state index >= 15 is 0 Å². The minimum absolute atomic E-state index is 0. The van der Waals surface area contributed by atoms with E-state index in [1.807, 2.05) is 6.92 Å². The van der Waals surface area contributed by atoms with Crippen molar-refractivity contribution in [2.45, 2.75) is 40.5 Å². The van der Waals surface area contributed by atoms with E-state index in [1.165, 1.54) is 0 Å². The summed E-state index contributed by atoms with van der Waals surface area (Å²) < 4.78 is 0. The fourth-order valence-electron chi connectivity index (χ4n) is 1.40. The first-order chi connectivity index (χ1) is 4.81. The molecule has 0 saturated carbocycles. The van der Waals surface area contributed by atoms with Crippen LogP contribution in [0.5, 0.6) is 0 Å². The molecule has 0 aliphatic carbocycles. The smallest absolute Gasteiger partial charge is 0.550 e. The minimum atomic E-state index is -0.943. The number of carboxylic acids is 1. The zero-order valence-corrected chi connectivity index (χ0v) is 9.27. The van der Waals surface area contributed by atoms with E-state index in [0.29, 0.717) is 0 Å². The fraction of sp³-hybridized carbons (Fsp3) is 0.889. The van der Waals surface area contributed by atoms with Gasteiger partial charge in [0.2, 0.25) is 0 Å². The molecular formula is C9H17FeO2+. The number of aliphatic carboxylic acids is 1. The van der Waals surface area contributed by atoms with E-state index in [-0.39, 0.29) is 34.8 Å². The summed E-state index contributed by atoms with van der Waals surface area (Å²) in [7, 11) is 0. The third-order valence-corrected chi connectivity index (χ3v) is 1.48. The van der Waals surface area contributed by atoms with Crippen molar-refractivity contribution in [2.75, 3.05) is 0 Å². The van der Waals surface area contributed by atoms with E-state index in [2.05, 4.69) is 20.8 Å². The second kappa shape index (κ2) is 5.60. The molecule has 72 valence electrons. The molecule has 1 unspecified atom stereocenters. The van der Waals surface area contributed by atoms with Gasteiger partial charge in [-0.25, -0.2) is 0 Å². The predicted molar refractivity (Wildman–Crippen MR) is 42.9 cm³/mol. The molecular weight excluding hydrogens is 196 g/mol. The van der Waals surface area contributed by atoms with Gasteiger partial charge in [-0.15, -0.1) is 0 Å². The Hall–Kier alpha value is -0.0105. The first-order valence-corrected chi connectivity index (χ1v) is 4.01. The Morgan fingerprint density at radius 3 is 2.08 bits per heavy atom. The minimum Gasteiger partial charge on any atom is -0.550 e. The van der Waals surface area contributed by atoms with E-state index in [1.54, 1.807) is 0 Å². The van der Waals surface area contributed by atoms with Crippen molar-refractivity contribution in [1.29, 1.82) is 0 Å². The molecule has 0 saturated heterocycles. The Kier molecular flexibility index (Phi) is 6.78. The van der Waals surface area contributed by atoms with E-state index in [9.17, 15) is 9.90 Å². The van der Waals surface area contributed by atoms with Crippen LogP contribution in [0, 0.1) is 11.3 Å².